The molecule has 2 rings (SSSR count). The summed E-state index contributed by atoms with van der Waals surface area (Å²) in [5.74, 6) is -0.296. The minimum Gasteiger partial charge on any atom is -0.374 e. The molecule has 2 N–H and O–H groups in total. The van der Waals surface area contributed by atoms with Gasteiger partial charge in [0, 0.05) is 15.3 Å². The number of benzene rings is 1. The lowest BCUT2D eigenvalue weighted by Gasteiger charge is -2.15. The first-order chi connectivity index (χ1) is 11.4. The summed E-state index contributed by atoms with van der Waals surface area (Å²) in [4.78, 5) is 22.8. The number of carbonyl (C=O) groups is 1. The fourth-order valence-corrected chi connectivity index (χ4v) is 3.19. The fourth-order valence-electron chi connectivity index (χ4n) is 1.85. The fraction of sp³-hybridized carbons (Fsp3) is 0.200. The summed E-state index contributed by atoms with van der Waals surface area (Å²) in [6, 6.07) is 8.41. The van der Waals surface area contributed by atoms with Gasteiger partial charge < -0.3 is 5.32 Å². The van der Waals surface area contributed by atoms with E-state index in [0.717, 1.165) is 26.2 Å². The minimum atomic E-state index is -0.474. The van der Waals surface area contributed by atoms with Crippen molar-refractivity contribution in [1.82, 2.24) is 5.43 Å². The van der Waals surface area contributed by atoms with Crippen molar-refractivity contribution in [3.05, 3.63) is 54.5 Å². The van der Waals surface area contributed by atoms with Crippen LogP contribution in [0.5, 0.6) is 0 Å². The zero-order valence-corrected chi connectivity index (χ0v) is 15.9. The van der Waals surface area contributed by atoms with Gasteiger partial charge in [-0.2, -0.15) is 5.10 Å². The Labute approximate surface area is 156 Å². The molecule has 0 saturated heterocycles. The van der Waals surface area contributed by atoms with Crippen molar-refractivity contribution in [2.24, 2.45) is 5.10 Å². The number of hydrazone groups is 1. The second kappa shape index (κ2) is 8.20. The molecule has 1 amide bonds. The summed E-state index contributed by atoms with van der Waals surface area (Å²) in [6.07, 6.45) is 1.39. The van der Waals surface area contributed by atoms with Gasteiger partial charge in [0.05, 0.1) is 16.0 Å². The highest BCUT2D eigenvalue weighted by Gasteiger charge is 2.13. The predicted octanol–water partition coefficient (Wildman–Crippen LogP) is 3.52. The first-order valence-electron chi connectivity index (χ1n) is 6.96. The van der Waals surface area contributed by atoms with E-state index in [1.165, 1.54) is 12.3 Å². The number of nitro groups is 1. The smallest absolute Gasteiger partial charge is 0.324 e. The van der Waals surface area contributed by atoms with Gasteiger partial charge in [0.2, 0.25) is 0 Å². The van der Waals surface area contributed by atoms with E-state index in [1.807, 2.05) is 25.1 Å². The molecule has 1 aromatic carbocycles. The number of nitrogens with one attached hydrogen (secondary N) is 2. The SMILES string of the molecule is Cc1cc(I)ccc1N[C@@H](C)C(=O)N/N=C\c1ccc([N+](=O)[O-])s1. The van der Waals surface area contributed by atoms with E-state index in [2.05, 4.69) is 38.4 Å². The number of thiophene rings is 1. The molecule has 0 spiro atoms. The molecular weight excluding hydrogens is 443 g/mol. The highest BCUT2D eigenvalue weighted by molar-refractivity contribution is 14.1. The quantitative estimate of drug-likeness (QED) is 0.300. The molecule has 0 aliphatic rings. The van der Waals surface area contributed by atoms with Crippen LogP contribution >= 0.6 is 33.9 Å². The van der Waals surface area contributed by atoms with Crippen LogP contribution in [-0.4, -0.2) is 23.1 Å². The van der Waals surface area contributed by atoms with Crippen molar-refractivity contribution in [3.8, 4) is 0 Å². The number of carbonyl (C=O) groups excluding carboxylic acids is 1. The summed E-state index contributed by atoms with van der Waals surface area (Å²) in [5.41, 5.74) is 4.36. The normalized spacial score (nSPS) is 12.1. The van der Waals surface area contributed by atoms with Gasteiger partial charge in [-0.15, -0.1) is 0 Å². The maximum atomic E-state index is 12.0. The lowest BCUT2D eigenvalue weighted by Crippen LogP contribution is -2.35. The summed E-state index contributed by atoms with van der Waals surface area (Å²) in [6.45, 7) is 3.70. The molecule has 0 unspecified atom stereocenters. The number of halogens is 1. The molecule has 7 nitrogen and oxygen atoms in total. The van der Waals surface area contributed by atoms with Gasteiger partial charge in [0.1, 0.15) is 6.04 Å². The van der Waals surface area contributed by atoms with E-state index >= 15 is 0 Å². The van der Waals surface area contributed by atoms with Crippen LogP contribution < -0.4 is 10.7 Å². The summed E-state index contributed by atoms with van der Waals surface area (Å²) in [5, 5.41) is 17.6. The molecule has 0 aliphatic carbocycles. The zero-order chi connectivity index (χ0) is 17.7. The van der Waals surface area contributed by atoms with Crippen LogP contribution in [0.4, 0.5) is 10.7 Å². The van der Waals surface area contributed by atoms with E-state index in [0.29, 0.717) is 4.88 Å². The predicted molar refractivity (Wildman–Crippen MR) is 104 cm³/mol. The van der Waals surface area contributed by atoms with E-state index in [1.54, 1.807) is 13.0 Å². The van der Waals surface area contributed by atoms with Crippen LogP contribution in [0.3, 0.4) is 0 Å². The van der Waals surface area contributed by atoms with Gasteiger partial charge in [0.15, 0.2) is 0 Å². The largest absolute Gasteiger partial charge is 0.374 e. The number of amides is 1. The molecule has 9 heteroatoms. The van der Waals surface area contributed by atoms with Crippen molar-refractivity contribution < 1.29 is 9.72 Å². The van der Waals surface area contributed by atoms with Crippen LogP contribution in [0.1, 0.15) is 17.4 Å². The Bertz CT molecular complexity index is 791. The summed E-state index contributed by atoms with van der Waals surface area (Å²) in [7, 11) is 0. The molecule has 1 aromatic heterocycles. The first-order valence-corrected chi connectivity index (χ1v) is 8.86. The van der Waals surface area contributed by atoms with E-state index in [-0.39, 0.29) is 10.9 Å². The maximum absolute atomic E-state index is 12.0. The Kier molecular flexibility index (Phi) is 6.26. The monoisotopic (exact) mass is 458 g/mol. The molecule has 0 saturated carbocycles. The van der Waals surface area contributed by atoms with Gasteiger partial charge in [-0.25, -0.2) is 5.43 Å². The molecule has 0 aliphatic heterocycles. The van der Waals surface area contributed by atoms with E-state index in [9.17, 15) is 14.9 Å². The third-order valence-electron chi connectivity index (χ3n) is 3.11. The van der Waals surface area contributed by atoms with Gasteiger partial charge in [0.25, 0.3) is 5.91 Å². The third-order valence-corrected chi connectivity index (χ3v) is 4.76. The van der Waals surface area contributed by atoms with Crippen LogP contribution in [0, 0.1) is 20.6 Å². The van der Waals surface area contributed by atoms with Crippen LogP contribution in [-0.2, 0) is 4.79 Å². The Morgan fingerprint density at radius 1 is 1.42 bits per heavy atom. The number of hydrogen-bond donors (Lipinski definition) is 2. The highest BCUT2D eigenvalue weighted by Crippen LogP contribution is 2.22. The van der Waals surface area contributed by atoms with Gasteiger partial charge in [-0.1, -0.05) is 11.3 Å². The molecule has 1 heterocycles. The third kappa shape index (κ3) is 4.99. The van der Waals surface area contributed by atoms with Crippen molar-refractivity contribution in [2.45, 2.75) is 19.9 Å². The molecule has 0 radical (unpaired) electrons. The maximum Gasteiger partial charge on any atom is 0.324 e. The van der Waals surface area contributed by atoms with E-state index in [4.69, 9.17) is 0 Å². The number of anilines is 1. The van der Waals surface area contributed by atoms with Gasteiger partial charge in [-0.3, -0.25) is 14.9 Å². The van der Waals surface area contributed by atoms with Gasteiger partial charge in [-0.05, 0) is 66.3 Å². The van der Waals surface area contributed by atoms with Gasteiger partial charge >= 0.3 is 5.00 Å². The lowest BCUT2D eigenvalue weighted by molar-refractivity contribution is -0.380. The molecular formula is C15H15IN4O3S. The standard InChI is InChI=1S/C15H15IN4O3S/c1-9-7-11(16)3-5-13(9)18-10(2)15(21)19-17-8-12-4-6-14(24-12)20(22)23/h3-8,10,18H,1-2H3,(H,19,21)/b17-8-/t10-/m0/s1. The van der Waals surface area contributed by atoms with Crippen LogP contribution in [0.25, 0.3) is 0 Å². The summed E-state index contributed by atoms with van der Waals surface area (Å²) >= 11 is 3.22. The van der Waals surface area contributed by atoms with E-state index < -0.39 is 11.0 Å². The molecule has 2 aromatic rings. The Balaban J connectivity index is 1.91. The van der Waals surface area contributed by atoms with Crippen molar-refractivity contribution in [2.75, 3.05) is 5.32 Å². The topological polar surface area (TPSA) is 96.6 Å². The van der Waals surface area contributed by atoms with Crippen LogP contribution in [0.2, 0.25) is 0 Å². The molecule has 24 heavy (non-hydrogen) atoms. The second-order valence-electron chi connectivity index (χ2n) is 4.99. The number of hydrogen-bond acceptors (Lipinski definition) is 6. The van der Waals surface area contributed by atoms with Crippen LogP contribution in [0.15, 0.2) is 35.4 Å². The second-order valence-corrected chi connectivity index (χ2v) is 7.33. The Morgan fingerprint density at radius 3 is 2.79 bits per heavy atom. The lowest BCUT2D eigenvalue weighted by atomic mass is 10.2. The molecule has 126 valence electrons. The average Bonchev–Trinajstić information content (AvgIpc) is 2.99. The number of rotatable bonds is 6. The molecule has 0 bridgehead atoms. The zero-order valence-electron chi connectivity index (χ0n) is 12.9. The van der Waals surface area contributed by atoms with Crippen molar-refractivity contribution >= 4 is 56.7 Å². The first kappa shape index (κ1) is 18.3. The Morgan fingerprint density at radius 2 is 2.17 bits per heavy atom. The highest BCUT2D eigenvalue weighted by atomic mass is 127. The summed E-state index contributed by atoms with van der Waals surface area (Å²) < 4.78 is 1.13. The number of aryl methyl sites for hydroxylation is 1. The van der Waals surface area contributed by atoms with Crippen molar-refractivity contribution in [1.29, 1.82) is 0 Å². The average molecular weight is 458 g/mol. The molecule has 1 atom stereocenters. The minimum absolute atomic E-state index is 0.0343. The van der Waals surface area contributed by atoms with Crippen molar-refractivity contribution in [3.63, 3.8) is 0 Å². The molecule has 0 fully saturated rings. The number of nitrogens with zero attached hydrogens (tertiary/aromatic N) is 2. The Hall–Kier alpha value is -2.01.